The third kappa shape index (κ3) is 2.31. The van der Waals surface area contributed by atoms with Crippen molar-refractivity contribution in [2.75, 3.05) is 6.26 Å². The first-order chi connectivity index (χ1) is 8.24. The van der Waals surface area contributed by atoms with Gasteiger partial charge in [0.2, 0.25) is 0 Å². The molecule has 0 aliphatic heterocycles. The van der Waals surface area contributed by atoms with Crippen molar-refractivity contribution in [1.82, 2.24) is 9.97 Å². The van der Waals surface area contributed by atoms with E-state index in [1.165, 1.54) is 6.07 Å². The average molecular weight is 249 g/mol. The van der Waals surface area contributed by atoms with Crippen LogP contribution in [0.3, 0.4) is 0 Å². The fourth-order valence-electron chi connectivity index (χ4n) is 1.69. The van der Waals surface area contributed by atoms with Crippen LogP contribution in [-0.2, 0) is 5.75 Å². The van der Waals surface area contributed by atoms with Crippen molar-refractivity contribution in [1.29, 1.82) is 0 Å². The zero-order valence-corrected chi connectivity index (χ0v) is 10.0. The summed E-state index contributed by atoms with van der Waals surface area (Å²) in [5.74, 6) is 1.26. The molecule has 0 fully saturated rings. The quantitative estimate of drug-likeness (QED) is 0.668. The van der Waals surface area contributed by atoms with E-state index in [4.69, 9.17) is 0 Å². The zero-order chi connectivity index (χ0) is 12.3. The molecular weight excluding hydrogens is 238 g/mol. The number of aromatic amines is 1. The Balaban J connectivity index is 2.62. The number of nitro benzene ring substituents is 1. The Morgan fingerprint density at radius 2 is 2.35 bits per heavy atom. The molecule has 6 heteroatoms. The van der Waals surface area contributed by atoms with Gasteiger partial charge in [-0.2, -0.15) is 11.8 Å². The fourth-order valence-corrected chi connectivity index (χ4v) is 2.24. The number of nitrogens with zero attached hydrogens (tertiary/aromatic N) is 2. The maximum absolute atomic E-state index is 11.0. The van der Waals surface area contributed by atoms with Crippen LogP contribution in [0.4, 0.5) is 5.69 Å². The standard InChI is InChI=1S/C11H11N3O2S/c1-17-7-8-3-2-4-9(14(15)16)10(8)11-12-5-6-13-11/h2-6H,7H2,1H3,(H,12,13). The van der Waals surface area contributed by atoms with E-state index in [-0.39, 0.29) is 10.6 Å². The number of H-pyrrole nitrogens is 1. The molecule has 0 bridgehead atoms. The Hall–Kier alpha value is -1.82. The van der Waals surface area contributed by atoms with Gasteiger partial charge in [-0.3, -0.25) is 10.1 Å². The van der Waals surface area contributed by atoms with Crippen LogP contribution in [0.1, 0.15) is 5.56 Å². The van der Waals surface area contributed by atoms with Crippen LogP contribution in [0.25, 0.3) is 11.4 Å². The smallest absolute Gasteiger partial charge is 0.280 e. The van der Waals surface area contributed by atoms with Gasteiger partial charge in [-0.1, -0.05) is 12.1 Å². The Labute approximate surface area is 102 Å². The van der Waals surface area contributed by atoms with Crippen LogP contribution in [0.15, 0.2) is 30.6 Å². The Morgan fingerprint density at radius 1 is 1.53 bits per heavy atom. The molecule has 0 atom stereocenters. The molecule has 0 saturated carbocycles. The molecule has 1 aromatic heterocycles. The molecule has 1 heterocycles. The van der Waals surface area contributed by atoms with Crippen molar-refractivity contribution in [3.05, 3.63) is 46.3 Å². The molecular formula is C11H11N3O2S. The van der Waals surface area contributed by atoms with Gasteiger partial charge in [-0.25, -0.2) is 4.98 Å². The van der Waals surface area contributed by atoms with E-state index in [1.54, 1.807) is 30.2 Å². The number of imidazole rings is 1. The first-order valence-electron chi connectivity index (χ1n) is 4.99. The summed E-state index contributed by atoms with van der Waals surface area (Å²) in [6.07, 6.45) is 5.22. The minimum Gasteiger partial charge on any atom is -0.344 e. The van der Waals surface area contributed by atoms with Crippen molar-refractivity contribution in [3.8, 4) is 11.4 Å². The first kappa shape index (κ1) is 11.7. The summed E-state index contributed by atoms with van der Waals surface area (Å²) in [6.45, 7) is 0. The highest BCUT2D eigenvalue weighted by atomic mass is 32.2. The fraction of sp³-hybridized carbons (Fsp3) is 0.182. The lowest BCUT2D eigenvalue weighted by molar-refractivity contribution is -0.384. The van der Waals surface area contributed by atoms with Crippen molar-refractivity contribution < 1.29 is 4.92 Å². The number of rotatable bonds is 4. The van der Waals surface area contributed by atoms with Crippen molar-refractivity contribution in [3.63, 3.8) is 0 Å². The maximum Gasteiger partial charge on any atom is 0.280 e. The van der Waals surface area contributed by atoms with Crippen LogP contribution in [0.5, 0.6) is 0 Å². The number of nitro groups is 1. The average Bonchev–Trinajstić information content (AvgIpc) is 2.82. The lowest BCUT2D eigenvalue weighted by Crippen LogP contribution is -1.97. The Morgan fingerprint density at radius 3 is 2.94 bits per heavy atom. The van der Waals surface area contributed by atoms with Gasteiger partial charge in [-0.15, -0.1) is 0 Å². The molecule has 2 rings (SSSR count). The van der Waals surface area contributed by atoms with Crippen LogP contribution < -0.4 is 0 Å². The number of nitrogens with one attached hydrogen (secondary N) is 1. The highest BCUT2D eigenvalue weighted by molar-refractivity contribution is 7.97. The molecule has 1 N–H and O–H groups in total. The largest absolute Gasteiger partial charge is 0.344 e. The van der Waals surface area contributed by atoms with Crippen molar-refractivity contribution in [2.45, 2.75) is 5.75 Å². The van der Waals surface area contributed by atoms with Crippen molar-refractivity contribution in [2.24, 2.45) is 0 Å². The molecule has 1 aromatic carbocycles. The molecule has 2 aromatic rings. The highest BCUT2D eigenvalue weighted by Gasteiger charge is 2.20. The second-order valence-corrected chi connectivity index (χ2v) is 4.31. The minimum atomic E-state index is -0.373. The van der Waals surface area contributed by atoms with Gasteiger partial charge < -0.3 is 4.98 Å². The molecule has 0 amide bonds. The molecule has 0 radical (unpaired) electrons. The summed E-state index contributed by atoms with van der Waals surface area (Å²) in [4.78, 5) is 17.7. The summed E-state index contributed by atoms with van der Waals surface area (Å²) in [5, 5.41) is 11.0. The van der Waals surface area contributed by atoms with E-state index in [0.717, 1.165) is 11.3 Å². The number of benzene rings is 1. The molecule has 5 nitrogen and oxygen atoms in total. The van der Waals surface area contributed by atoms with Gasteiger partial charge in [0, 0.05) is 24.2 Å². The topological polar surface area (TPSA) is 71.8 Å². The van der Waals surface area contributed by atoms with Gasteiger partial charge in [0.25, 0.3) is 5.69 Å². The summed E-state index contributed by atoms with van der Waals surface area (Å²) in [7, 11) is 0. The van der Waals surface area contributed by atoms with E-state index in [2.05, 4.69) is 9.97 Å². The highest BCUT2D eigenvalue weighted by Crippen LogP contribution is 2.32. The van der Waals surface area contributed by atoms with Crippen molar-refractivity contribution >= 4 is 17.4 Å². The Bertz CT molecular complexity index is 526. The molecule has 17 heavy (non-hydrogen) atoms. The molecule has 0 aliphatic carbocycles. The second-order valence-electron chi connectivity index (χ2n) is 3.44. The van der Waals surface area contributed by atoms with E-state index < -0.39 is 0 Å². The molecule has 0 aliphatic rings. The second kappa shape index (κ2) is 5.01. The normalized spacial score (nSPS) is 10.4. The van der Waals surface area contributed by atoms with E-state index in [9.17, 15) is 10.1 Å². The van der Waals surface area contributed by atoms with E-state index in [1.807, 2.05) is 12.3 Å². The summed E-state index contributed by atoms with van der Waals surface area (Å²) in [6, 6.07) is 5.10. The van der Waals surface area contributed by atoms with Crippen LogP contribution in [0, 0.1) is 10.1 Å². The maximum atomic E-state index is 11.0. The molecule has 0 unspecified atom stereocenters. The third-order valence-corrected chi connectivity index (χ3v) is 2.96. The molecule has 88 valence electrons. The SMILES string of the molecule is CSCc1cccc([N+](=O)[O-])c1-c1ncc[nH]1. The van der Waals surface area contributed by atoms with Crippen LogP contribution in [-0.4, -0.2) is 21.1 Å². The molecule has 0 spiro atoms. The van der Waals surface area contributed by atoms with Gasteiger partial charge in [-0.05, 0) is 11.8 Å². The van der Waals surface area contributed by atoms with E-state index in [0.29, 0.717) is 11.4 Å². The predicted octanol–water partition coefficient (Wildman–Crippen LogP) is 2.85. The van der Waals surface area contributed by atoms with E-state index >= 15 is 0 Å². The van der Waals surface area contributed by atoms with Gasteiger partial charge in [0.15, 0.2) is 0 Å². The molecule has 0 saturated heterocycles. The lowest BCUT2D eigenvalue weighted by atomic mass is 10.1. The monoisotopic (exact) mass is 249 g/mol. The number of thioether (sulfide) groups is 1. The van der Waals surface area contributed by atoms with Gasteiger partial charge in [0.1, 0.15) is 5.82 Å². The van der Waals surface area contributed by atoms with Gasteiger partial charge in [0.05, 0.1) is 10.5 Å². The minimum absolute atomic E-state index is 0.0894. The zero-order valence-electron chi connectivity index (χ0n) is 9.21. The lowest BCUT2D eigenvalue weighted by Gasteiger charge is -2.06. The number of aromatic nitrogens is 2. The number of hydrogen-bond donors (Lipinski definition) is 1. The van der Waals surface area contributed by atoms with Crippen LogP contribution >= 0.6 is 11.8 Å². The third-order valence-electron chi connectivity index (χ3n) is 2.36. The number of hydrogen-bond acceptors (Lipinski definition) is 4. The summed E-state index contributed by atoms with van der Waals surface area (Å²) >= 11 is 1.62. The summed E-state index contributed by atoms with van der Waals surface area (Å²) in [5.41, 5.74) is 1.59. The van der Waals surface area contributed by atoms with Crippen LogP contribution in [0.2, 0.25) is 0 Å². The summed E-state index contributed by atoms with van der Waals surface area (Å²) < 4.78 is 0. The Kier molecular flexibility index (Phi) is 3.43. The van der Waals surface area contributed by atoms with Gasteiger partial charge >= 0.3 is 0 Å². The predicted molar refractivity (Wildman–Crippen MR) is 67.9 cm³/mol. The first-order valence-corrected chi connectivity index (χ1v) is 6.38.